The second-order valence-electron chi connectivity index (χ2n) is 4.57. The van der Waals surface area contributed by atoms with Crippen LogP contribution in [0.3, 0.4) is 0 Å². The zero-order valence-electron chi connectivity index (χ0n) is 10.8. The molecule has 0 spiro atoms. The van der Waals surface area contributed by atoms with Crippen LogP contribution in [0.25, 0.3) is 0 Å². The van der Waals surface area contributed by atoms with E-state index in [2.05, 4.69) is 0 Å². The second kappa shape index (κ2) is 5.52. The summed E-state index contributed by atoms with van der Waals surface area (Å²) in [4.78, 5) is 16.1. The first kappa shape index (κ1) is 13.1. The third-order valence-electron chi connectivity index (χ3n) is 3.05. The fourth-order valence-electron chi connectivity index (χ4n) is 2.04. The molecule has 1 saturated heterocycles. The molecule has 5 heteroatoms. The maximum Gasteiger partial charge on any atom is 0.253 e. The summed E-state index contributed by atoms with van der Waals surface area (Å²) >= 11 is 1.90. The van der Waals surface area contributed by atoms with E-state index in [9.17, 15) is 4.79 Å². The summed E-state index contributed by atoms with van der Waals surface area (Å²) < 4.78 is 0. The lowest BCUT2D eigenvalue weighted by molar-refractivity contribution is 0.0772. The van der Waals surface area contributed by atoms with Gasteiger partial charge in [0, 0.05) is 44.3 Å². The van der Waals surface area contributed by atoms with Gasteiger partial charge in [-0.1, -0.05) is 0 Å². The van der Waals surface area contributed by atoms with Crippen molar-refractivity contribution in [2.75, 3.05) is 49.3 Å². The maximum absolute atomic E-state index is 12.3. The number of nitrogens with zero attached hydrogens (tertiary/aromatic N) is 2. The van der Waals surface area contributed by atoms with Gasteiger partial charge in [-0.05, 0) is 18.2 Å². The van der Waals surface area contributed by atoms with E-state index in [0.717, 1.165) is 30.3 Å². The number of nitrogen functional groups attached to an aromatic ring is 1. The number of anilines is 2. The predicted molar refractivity (Wildman–Crippen MR) is 78.4 cm³/mol. The number of hydrogen-bond acceptors (Lipinski definition) is 4. The molecule has 2 N–H and O–H groups in total. The van der Waals surface area contributed by atoms with Crippen LogP contribution in [0.5, 0.6) is 0 Å². The molecular weight excluding hydrogens is 246 g/mol. The van der Waals surface area contributed by atoms with Gasteiger partial charge in [0.1, 0.15) is 0 Å². The number of nitrogens with two attached hydrogens (primary N) is 1. The van der Waals surface area contributed by atoms with Gasteiger partial charge >= 0.3 is 0 Å². The number of carbonyl (C=O) groups is 1. The van der Waals surface area contributed by atoms with Gasteiger partial charge in [0.15, 0.2) is 0 Å². The Bertz CT molecular complexity index is 442. The minimum absolute atomic E-state index is 0.0901. The summed E-state index contributed by atoms with van der Waals surface area (Å²) in [6.07, 6.45) is 0. The van der Waals surface area contributed by atoms with Crippen molar-refractivity contribution in [2.45, 2.75) is 0 Å². The van der Waals surface area contributed by atoms with E-state index in [1.54, 1.807) is 6.07 Å². The Morgan fingerprint density at radius 3 is 2.56 bits per heavy atom. The van der Waals surface area contributed by atoms with Gasteiger partial charge in [0.2, 0.25) is 0 Å². The molecule has 1 aromatic rings. The van der Waals surface area contributed by atoms with Gasteiger partial charge in [-0.15, -0.1) is 0 Å². The lowest BCUT2D eigenvalue weighted by atomic mass is 10.1. The Morgan fingerprint density at radius 1 is 1.33 bits per heavy atom. The minimum Gasteiger partial charge on any atom is -0.397 e. The molecule has 4 nitrogen and oxygen atoms in total. The van der Waals surface area contributed by atoms with E-state index < -0.39 is 0 Å². The van der Waals surface area contributed by atoms with Crippen LogP contribution < -0.4 is 10.6 Å². The summed E-state index contributed by atoms with van der Waals surface area (Å²) in [6.45, 7) is 1.66. The molecule has 1 heterocycles. The Morgan fingerprint density at radius 2 is 2.00 bits per heavy atom. The maximum atomic E-state index is 12.3. The third-order valence-corrected chi connectivity index (χ3v) is 4.00. The minimum atomic E-state index is 0.0901. The van der Waals surface area contributed by atoms with Crippen molar-refractivity contribution in [3.63, 3.8) is 0 Å². The number of thioether (sulfide) groups is 1. The fourth-order valence-corrected chi connectivity index (χ4v) is 2.95. The van der Waals surface area contributed by atoms with Crippen LogP contribution in [0.2, 0.25) is 0 Å². The Labute approximate surface area is 112 Å². The molecule has 0 unspecified atom stereocenters. The van der Waals surface area contributed by atoms with Crippen molar-refractivity contribution < 1.29 is 4.79 Å². The van der Waals surface area contributed by atoms with Crippen molar-refractivity contribution in [2.24, 2.45) is 0 Å². The zero-order valence-corrected chi connectivity index (χ0v) is 11.7. The normalized spacial score (nSPS) is 15.6. The lowest BCUT2D eigenvalue weighted by Crippen LogP contribution is -2.37. The molecule has 0 aliphatic carbocycles. The quantitative estimate of drug-likeness (QED) is 0.824. The molecule has 1 aromatic carbocycles. The predicted octanol–water partition coefficient (Wildman–Crippen LogP) is 1.52. The van der Waals surface area contributed by atoms with Crippen LogP contribution in [-0.4, -0.2) is 49.5 Å². The first-order chi connectivity index (χ1) is 8.59. The van der Waals surface area contributed by atoms with Gasteiger partial charge in [0.05, 0.1) is 11.4 Å². The van der Waals surface area contributed by atoms with Crippen molar-refractivity contribution in [1.82, 2.24) is 4.90 Å². The monoisotopic (exact) mass is 265 g/mol. The zero-order chi connectivity index (χ0) is 13.1. The van der Waals surface area contributed by atoms with E-state index >= 15 is 0 Å². The molecule has 1 aliphatic rings. The molecule has 0 saturated carbocycles. The number of amides is 1. The Balaban J connectivity index is 2.18. The van der Waals surface area contributed by atoms with Crippen LogP contribution >= 0.6 is 11.8 Å². The number of benzene rings is 1. The van der Waals surface area contributed by atoms with E-state index in [-0.39, 0.29) is 5.91 Å². The summed E-state index contributed by atoms with van der Waals surface area (Å²) in [5.74, 6) is 2.14. The van der Waals surface area contributed by atoms with Crippen molar-refractivity contribution in [1.29, 1.82) is 0 Å². The first-order valence-electron chi connectivity index (χ1n) is 6.03. The molecule has 0 radical (unpaired) electrons. The summed E-state index contributed by atoms with van der Waals surface area (Å²) in [7, 11) is 3.88. The largest absolute Gasteiger partial charge is 0.397 e. The van der Waals surface area contributed by atoms with Crippen LogP contribution in [-0.2, 0) is 0 Å². The van der Waals surface area contributed by atoms with Crippen molar-refractivity contribution in [3.8, 4) is 0 Å². The average Bonchev–Trinajstić information content (AvgIpc) is 2.38. The van der Waals surface area contributed by atoms with E-state index in [4.69, 9.17) is 5.73 Å². The summed E-state index contributed by atoms with van der Waals surface area (Å²) in [5.41, 5.74) is 8.25. The molecule has 0 atom stereocenters. The van der Waals surface area contributed by atoms with E-state index in [1.165, 1.54) is 0 Å². The standard InChI is InChI=1S/C13H19N3OS/c1-15(2)12-4-3-10(9-11(12)14)13(17)16-5-7-18-8-6-16/h3-4,9H,5-8,14H2,1-2H3. The Kier molecular flexibility index (Phi) is 4.01. The molecule has 0 aromatic heterocycles. The molecule has 98 valence electrons. The lowest BCUT2D eigenvalue weighted by Gasteiger charge is -2.26. The van der Waals surface area contributed by atoms with E-state index in [1.807, 2.05) is 47.8 Å². The highest BCUT2D eigenvalue weighted by molar-refractivity contribution is 7.99. The SMILES string of the molecule is CN(C)c1ccc(C(=O)N2CCSCC2)cc1N. The molecule has 1 fully saturated rings. The number of rotatable bonds is 2. The molecule has 18 heavy (non-hydrogen) atoms. The highest BCUT2D eigenvalue weighted by Crippen LogP contribution is 2.23. The van der Waals surface area contributed by atoms with Gasteiger partial charge in [-0.3, -0.25) is 4.79 Å². The molecule has 0 bridgehead atoms. The molecule has 2 rings (SSSR count). The van der Waals surface area contributed by atoms with Gasteiger partial charge < -0.3 is 15.5 Å². The average molecular weight is 265 g/mol. The smallest absolute Gasteiger partial charge is 0.253 e. The first-order valence-corrected chi connectivity index (χ1v) is 7.19. The number of hydrogen-bond donors (Lipinski definition) is 1. The van der Waals surface area contributed by atoms with Gasteiger partial charge in [-0.2, -0.15) is 11.8 Å². The molecular formula is C13H19N3OS. The number of carbonyl (C=O) groups excluding carboxylic acids is 1. The molecule has 1 aliphatic heterocycles. The van der Waals surface area contributed by atoms with Crippen LogP contribution in [0.4, 0.5) is 11.4 Å². The van der Waals surface area contributed by atoms with Crippen LogP contribution in [0.1, 0.15) is 10.4 Å². The fraction of sp³-hybridized carbons (Fsp3) is 0.462. The highest BCUT2D eigenvalue weighted by Gasteiger charge is 2.19. The van der Waals surface area contributed by atoms with Gasteiger partial charge in [0.25, 0.3) is 5.91 Å². The third kappa shape index (κ3) is 2.72. The van der Waals surface area contributed by atoms with E-state index in [0.29, 0.717) is 11.3 Å². The highest BCUT2D eigenvalue weighted by atomic mass is 32.2. The van der Waals surface area contributed by atoms with Gasteiger partial charge in [-0.25, -0.2) is 0 Å². The topological polar surface area (TPSA) is 49.6 Å². The summed E-state index contributed by atoms with van der Waals surface area (Å²) in [6, 6.07) is 5.54. The van der Waals surface area contributed by atoms with Crippen molar-refractivity contribution >= 4 is 29.0 Å². The summed E-state index contributed by atoms with van der Waals surface area (Å²) in [5, 5.41) is 0. The molecule has 1 amide bonds. The second-order valence-corrected chi connectivity index (χ2v) is 5.80. The Hall–Kier alpha value is -1.36. The van der Waals surface area contributed by atoms with Crippen LogP contribution in [0.15, 0.2) is 18.2 Å². The van der Waals surface area contributed by atoms with Crippen molar-refractivity contribution in [3.05, 3.63) is 23.8 Å². The van der Waals surface area contributed by atoms with Crippen LogP contribution in [0, 0.1) is 0 Å².